The summed E-state index contributed by atoms with van der Waals surface area (Å²) in [4.78, 5) is 31.6. The van der Waals surface area contributed by atoms with Crippen molar-refractivity contribution in [3.63, 3.8) is 0 Å². The Bertz CT molecular complexity index is 249. The van der Waals surface area contributed by atoms with Crippen molar-refractivity contribution < 1.29 is 76.0 Å². The van der Waals surface area contributed by atoms with Gasteiger partial charge < -0.3 is 15.0 Å². The van der Waals surface area contributed by atoms with Crippen LogP contribution in [0.2, 0.25) is 0 Å². The average Bonchev–Trinajstić information content (AvgIpc) is 1.99. The Labute approximate surface area is 131 Å². The third kappa shape index (κ3) is 8.09. The first kappa shape index (κ1) is 17.6. The van der Waals surface area contributed by atoms with E-state index >= 15 is 0 Å². The number of carboxylic acid groups (broad SMARTS) is 2. The summed E-state index contributed by atoms with van der Waals surface area (Å²) in [7, 11) is 0. The van der Waals surface area contributed by atoms with Gasteiger partial charge in [0.05, 0.1) is 6.42 Å². The fourth-order valence-electron chi connectivity index (χ4n) is 1.23. The monoisotopic (exact) mass is 240 g/mol. The summed E-state index contributed by atoms with van der Waals surface area (Å²) >= 11 is 0. The Morgan fingerprint density at radius 1 is 1.27 bits per heavy atom. The molecule has 0 aromatic carbocycles. The molecule has 0 aliphatic heterocycles. The van der Waals surface area contributed by atoms with Gasteiger partial charge in [-0.3, -0.25) is 9.59 Å². The van der Waals surface area contributed by atoms with E-state index in [0.717, 1.165) is 0 Å². The van der Waals surface area contributed by atoms with Crippen molar-refractivity contribution in [1.29, 1.82) is 0 Å². The first-order valence-electron chi connectivity index (χ1n) is 4.31. The van der Waals surface area contributed by atoms with Crippen molar-refractivity contribution in [3.8, 4) is 0 Å². The molecule has 0 spiro atoms. The number of rotatable bonds is 6. The second-order valence-corrected chi connectivity index (χ2v) is 3.58. The van der Waals surface area contributed by atoms with Crippen molar-refractivity contribution in [3.05, 3.63) is 0 Å². The van der Waals surface area contributed by atoms with Gasteiger partial charge in [-0.1, -0.05) is 13.8 Å². The minimum atomic E-state index is -1.81. The molecule has 0 aliphatic rings. The zero-order chi connectivity index (χ0) is 11.3. The van der Waals surface area contributed by atoms with Gasteiger partial charge in [0.25, 0.3) is 0 Å². The Morgan fingerprint density at radius 2 is 1.73 bits per heavy atom. The van der Waals surface area contributed by atoms with Gasteiger partial charge in [-0.25, -0.2) is 0 Å². The standard InChI is InChI=1S/C9H14O5.K/c1-5(2)3-6(4-7(10)11)8(12)9(13)14;/h5-6H,3-4H2,1-2H3,(H,10,11)(H,13,14);/q;+1/p-1. The van der Waals surface area contributed by atoms with Crippen molar-refractivity contribution >= 4 is 17.7 Å². The third-order valence-electron chi connectivity index (χ3n) is 1.75. The van der Waals surface area contributed by atoms with Crippen molar-refractivity contribution in [2.75, 3.05) is 0 Å². The summed E-state index contributed by atoms with van der Waals surface area (Å²) in [6.45, 7) is 3.58. The minimum Gasteiger partial charge on any atom is -0.542 e. The predicted octanol–water partition coefficient (Wildman–Crippen LogP) is -3.55. The molecular weight excluding hydrogens is 227 g/mol. The van der Waals surface area contributed by atoms with Gasteiger partial charge >= 0.3 is 57.4 Å². The molecule has 0 aromatic rings. The summed E-state index contributed by atoms with van der Waals surface area (Å²) in [5, 5.41) is 18.7. The van der Waals surface area contributed by atoms with Gasteiger partial charge in [0.2, 0.25) is 0 Å². The Kier molecular flexibility index (Phi) is 9.88. The Hall–Kier alpha value is 0.246. The number of carbonyl (C=O) groups is 3. The number of hydrogen-bond acceptors (Lipinski definition) is 4. The normalized spacial score (nSPS) is 11.7. The van der Waals surface area contributed by atoms with Crippen LogP contribution in [-0.2, 0) is 14.4 Å². The number of aliphatic carboxylic acids is 2. The molecule has 5 nitrogen and oxygen atoms in total. The van der Waals surface area contributed by atoms with Crippen LogP contribution in [0.25, 0.3) is 0 Å². The van der Waals surface area contributed by atoms with Crippen molar-refractivity contribution in [2.24, 2.45) is 11.8 Å². The molecule has 0 aromatic heterocycles. The first-order chi connectivity index (χ1) is 6.34. The molecule has 0 saturated carbocycles. The number of carbonyl (C=O) groups excluding carboxylic acids is 2. The van der Waals surface area contributed by atoms with Crippen LogP contribution < -0.4 is 56.5 Å². The molecule has 1 atom stereocenters. The molecule has 0 radical (unpaired) electrons. The zero-order valence-electron chi connectivity index (χ0n) is 9.15. The van der Waals surface area contributed by atoms with Gasteiger partial charge in [0.15, 0.2) is 5.78 Å². The van der Waals surface area contributed by atoms with E-state index in [1.807, 2.05) is 0 Å². The zero-order valence-corrected chi connectivity index (χ0v) is 12.3. The maximum absolute atomic E-state index is 11.0. The second kappa shape index (κ2) is 8.40. The molecule has 0 amide bonds. The van der Waals surface area contributed by atoms with Gasteiger partial charge in [0.1, 0.15) is 5.97 Å². The van der Waals surface area contributed by atoms with Crippen LogP contribution in [-0.4, -0.2) is 22.8 Å². The Morgan fingerprint density at radius 3 is 2.00 bits per heavy atom. The summed E-state index contributed by atoms with van der Waals surface area (Å²) in [6, 6.07) is 0. The number of ketones is 1. The van der Waals surface area contributed by atoms with Crippen LogP contribution in [0, 0.1) is 11.8 Å². The largest absolute Gasteiger partial charge is 1.00 e. The number of hydrogen-bond donors (Lipinski definition) is 1. The fourth-order valence-corrected chi connectivity index (χ4v) is 1.23. The molecule has 0 rings (SSSR count). The van der Waals surface area contributed by atoms with E-state index in [1.54, 1.807) is 13.8 Å². The number of Topliss-reactive ketones (excluding diaryl/α,β-unsaturated/α-hetero) is 1. The van der Waals surface area contributed by atoms with Crippen LogP contribution in [0.1, 0.15) is 26.7 Å². The quantitative estimate of drug-likeness (QED) is 0.383. The maximum atomic E-state index is 11.0. The summed E-state index contributed by atoms with van der Waals surface area (Å²) in [5.41, 5.74) is 0. The number of carboxylic acids is 2. The van der Waals surface area contributed by atoms with Crippen LogP contribution in [0.3, 0.4) is 0 Å². The average molecular weight is 240 g/mol. The summed E-state index contributed by atoms with van der Waals surface area (Å²) in [6.07, 6.45) is -0.204. The van der Waals surface area contributed by atoms with E-state index in [-0.39, 0.29) is 63.7 Å². The first-order valence-corrected chi connectivity index (χ1v) is 4.31. The fraction of sp³-hybridized carbons (Fsp3) is 0.667. The molecule has 1 N–H and O–H groups in total. The van der Waals surface area contributed by atoms with E-state index in [0.29, 0.717) is 0 Å². The molecule has 80 valence electrons. The molecule has 0 aliphatic carbocycles. The Balaban J connectivity index is 0. The molecule has 6 heteroatoms. The molecule has 0 saturated heterocycles. The smallest absolute Gasteiger partial charge is 0.542 e. The van der Waals surface area contributed by atoms with Gasteiger partial charge in [0, 0.05) is 5.92 Å². The van der Waals surface area contributed by atoms with Crippen molar-refractivity contribution in [1.82, 2.24) is 0 Å². The maximum Gasteiger partial charge on any atom is 1.00 e. The van der Waals surface area contributed by atoms with Gasteiger partial charge in [-0.2, -0.15) is 0 Å². The van der Waals surface area contributed by atoms with Crippen molar-refractivity contribution in [2.45, 2.75) is 26.7 Å². The van der Waals surface area contributed by atoms with Crippen LogP contribution in [0.15, 0.2) is 0 Å². The minimum absolute atomic E-state index is 0. The van der Waals surface area contributed by atoms with E-state index in [2.05, 4.69) is 0 Å². The summed E-state index contributed by atoms with van der Waals surface area (Å²) in [5.74, 6) is -5.01. The van der Waals surface area contributed by atoms with Gasteiger partial charge in [-0.05, 0) is 12.3 Å². The SMILES string of the molecule is CC(C)CC(CC(=O)O)C(=O)C(=O)[O-].[K+]. The molecule has 0 fully saturated rings. The van der Waals surface area contributed by atoms with Gasteiger partial charge in [-0.15, -0.1) is 0 Å². The van der Waals surface area contributed by atoms with E-state index < -0.39 is 30.1 Å². The second-order valence-electron chi connectivity index (χ2n) is 3.58. The topological polar surface area (TPSA) is 94.5 Å². The molecule has 0 heterocycles. The van der Waals surface area contributed by atoms with Crippen LogP contribution >= 0.6 is 0 Å². The molecule has 1 unspecified atom stereocenters. The van der Waals surface area contributed by atoms with Crippen LogP contribution in [0.5, 0.6) is 0 Å². The molecular formula is C9H13KO5. The predicted molar refractivity (Wildman–Crippen MR) is 45.2 cm³/mol. The van der Waals surface area contributed by atoms with E-state index in [4.69, 9.17) is 5.11 Å². The van der Waals surface area contributed by atoms with E-state index in [9.17, 15) is 19.5 Å². The summed E-state index contributed by atoms with van der Waals surface area (Å²) < 4.78 is 0. The third-order valence-corrected chi connectivity index (χ3v) is 1.75. The van der Waals surface area contributed by atoms with E-state index in [1.165, 1.54) is 0 Å². The molecule has 15 heavy (non-hydrogen) atoms. The van der Waals surface area contributed by atoms with Crippen LogP contribution in [0.4, 0.5) is 0 Å². The molecule has 0 bridgehead atoms.